The molecule has 1 aromatic carbocycles. The summed E-state index contributed by atoms with van der Waals surface area (Å²) in [5, 5.41) is 11.4. The molecular weight excluding hydrogens is 340 g/mol. The van der Waals surface area contributed by atoms with Crippen LogP contribution in [0.25, 0.3) is 0 Å². The number of aliphatic carboxylic acids is 1. The van der Waals surface area contributed by atoms with Gasteiger partial charge in [-0.3, -0.25) is 19.3 Å². The number of carbonyl (C=O) groups excluding carboxylic acids is 2. The summed E-state index contributed by atoms with van der Waals surface area (Å²) in [4.78, 5) is 37.7. The number of nitrogens with zero attached hydrogens (tertiary/aromatic N) is 1. The third-order valence-corrected chi connectivity index (χ3v) is 5.35. The summed E-state index contributed by atoms with van der Waals surface area (Å²) < 4.78 is 0. The molecule has 0 aliphatic carbocycles. The highest BCUT2D eigenvalue weighted by Crippen LogP contribution is 2.27. The van der Waals surface area contributed by atoms with Crippen LogP contribution in [0.3, 0.4) is 0 Å². The summed E-state index contributed by atoms with van der Waals surface area (Å²) in [5.41, 5.74) is 1.49. The standard InChI is InChI=1S/C18H24N2O4S/c1-3-11(2)16(25)17(23)19-13-9-8-12-6-4-5-7-14(12)20(18(13)24)10-15(21)22/h4-7,11,13,16,25H,3,8-10H2,1-2H3,(H,19,23)(H,21,22)/t11-,13?,16-/m0/s1. The molecule has 0 bridgehead atoms. The van der Waals surface area contributed by atoms with Crippen molar-refractivity contribution in [2.45, 2.75) is 44.4 Å². The van der Waals surface area contributed by atoms with Gasteiger partial charge in [0.1, 0.15) is 12.6 Å². The van der Waals surface area contributed by atoms with Crippen molar-refractivity contribution in [3.05, 3.63) is 29.8 Å². The molecule has 6 nitrogen and oxygen atoms in total. The molecule has 7 heteroatoms. The minimum atomic E-state index is -1.10. The Balaban J connectivity index is 2.23. The summed E-state index contributed by atoms with van der Waals surface area (Å²) in [7, 11) is 0. The molecule has 2 amide bonds. The topological polar surface area (TPSA) is 86.7 Å². The van der Waals surface area contributed by atoms with E-state index in [2.05, 4.69) is 17.9 Å². The van der Waals surface area contributed by atoms with Gasteiger partial charge in [0.15, 0.2) is 0 Å². The van der Waals surface area contributed by atoms with Crippen LogP contribution in [0.5, 0.6) is 0 Å². The largest absolute Gasteiger partial charge is 0.480 e. The number of fused-ring (bicyclic) bond motifs is 1. The van der Waals surface area contributed by atoms with E-state index >= 15 is 0 Å². The van der Waals surface area contributed by atoms with Gasteiger partial charge in [0.05, 0.1) is 5.25 Å². The summed E-state index contributed by atoms with van der Waals surface area (Å²) in [5.74, 6) is -1.71. The van der Waals surface area contributed by atoms with Gasteiger partial charge in [0, 0.05) is 5.69 Å². The molecule has 1 heterocycles. The maximum atomic E-state index is 12.9. The SMILES string of the molecule is CC[C@H](C)[C@H](S)C(=O)NC1CCc2ccccc2N(CC(=O)O)C1=O. The zero-order valence-electron chi connectivity index (χ0n) is 14.4. The first-order valence-corrected chi connectivity index (χ1v) is 8.96. The fourth-order valence-corrected chi connectivity index (χ4v) is 3.17. The van der Waals surface area contributed by atoms with Crippen LogP contribution in [0.4, 0.5) is 5.69 Å². The molecule has 1 aromatic rings. The van der Waals surface area contributed by atoms with Crippen molar-refractivity contribution in [2.75, 3.05) is 11.4 Å². The van der Waals surface area contributed by atoms with E-state index in [4.69, 9.17) is 5.11 Å². The van der Waals surface area contributed by atoms with E-state index in [1.807, 2.05) is 26.0 Å². The minimum absolute atomic E-state index is 0.0801. The lowest BCUT2D eigenvalue weighted by Crippen LogP contribution is -2.51. The minimum Gasteiger partial charge on any atom is -0.480 e. The van der Waals surface area contributed by atoms with Crippen LogP contribution < -0.4 is 10.2 Å². The highest BCUT2D eigenvalue weighted by molar-refractivity contribution is 7.81. The van der Waals surface area contributed by atoms with Crippen LogP contribution in [-0.2, 0) is 20.8 Å². The number of thiol groups is 1. The lowest BCUT2D eigenvalue weighted by molar-refractivity contribution is -0.137. The van der Waals surface area contributed by atoms with Crippen molar-refractivity contribution < 1.29 is 19.5 Å². The van der Waals surface area contributed by atoms with Crippen LogP contribution in [0.15, 0.2) is 24.3 Å². The number of anilines is 1. The molecular formula is C18H24N2O4S. The molecule has 0 spiro atoms. The van der Waals surface area contributed by atoms with Gasteiger partial charge >= 0.3 is 5.97 Å². The predicted octanol–water partition coefficient (Wildman–Crippen LogP) is 1.88. The van der Waals surface area contributed by atoms with Gasteiger partial charge in [0.25, 0.3) is 0 Å². The van der Waals surface area contributed by atoms with Crippen molar-refractivity contribution in [2.24, 2.45) is 5.92 Å². The second kappa shape index (κ2) is 8.38. The van der Waals surface area contributed by atoms with Gasteiger partial charge in [-0.1, -0.05) is 38.5 Å². The second-order valence-corrected chi connectivity index (χ2v) is 6.93. The molecule has 2 N–H and O–H groups in total. The average molecular weight is 364 g/mol. The van der Waals surface area contributed by atoms with E-state index in [1.165, 1.54) is 4.90 Å². The molecule has 2 rings (SSSR count). The van der Waals surface area contributed by atoms with Gasteiger partial charge in [-0.2, -0.15) is 12.6 Å². The fourth-order valence-electron chi connectivity index (χ4n) is 2.89. The lowest BCUT2D eigenvalue weighted by atomic mass is 10.0. The monoisotopic (exact) mass is 364 g/mol. The Morgan fingerprint density at radius 1 is 1.40 bits per heavy atom. The summed E-state index contributed by atoms with van der Waals surface area (Å²) in [6.45, 7) is 3.47. The molecule has 1 aliphatic heterocycles. The first-order valence-electron chi connectivity index (χ1n) is 8.44. The fraction of sp³-hybridized carbons (Fsp3) is 0.500. The number of carboxylic acid groups (broad SMARTS) is 1. The predicted molar refractivity (Wildman–Crippen MR) is 98.9 cm³/mol. The third kappa shape index (κ3) is 4.54. The van der Waals surface area contributed by atoms with Gasteiger partial charge < -0.3 is 10.4 Å². The molecule has 1 unspecified atom stereocenters. The summed E-state index contributed by atoms with van der Waals surface area (Å²) in [6, 6.07) is 6.49. The van der Waals surface area contributed by atoms with Crippen LogP contribution in [0.2, 0.25) is 0 Å². The van der Waals surface area contributed by atoms with Gasteiger partial charge in [-0.25, -0.2) is 0 Å². The van der Waals surface area contributed by atoms with E-state index in [1.54, 1.807) is 12.1 Å². The number of amides is 2. The number of benzene rings is 1. The van der Waals surface area contributed by atoms with Gasteiger partial charge in [-0.05, 0) is 30.4 Å². The Kier molecular flexibility index (Phi) is 6.47. The number of hydrogen-bond acceptors (Lipinski definition) is 4. The zero-order chi connectivity index (χ0) is 18.6. The van der Waals surface area contributed by atoms with E-state index in [-0.39, 0.29) is 11.8 Å². The van der Waals surface area contributed by atoms with Crippen LogP contribution in [0, 0.1) is 5.92 Å². The Bertz CT molecular complexity index is 664. The van der Waals surface area contributed by atoms with E-state index in [0.29, 0.717) is 18.5 Å². The van der Waals surface area contributed by atoms with Crippen molar-refractivity contribution in [1.29, 1.82) is 0 Å². The number of aryl methyl sites for hydroxylation is 1. The molecule has 0 fully saturated rings. The Morgan fingerprint density at radius 3 is 2.72 bits per heavy atom. The lowest BCUT2D eigenvalue weighted by Gasteiger charge is -2.26. The van der Waals surface area contributed by atoms with Gasteiger partial charge in [0.2, 0.25) is 11.8 Å². The number of rotatable bonds is 6. The summed E-state index contributed by atoms with van der Waals surface area (Å²) in [6.07, 6.45) is 1.82. The van der Waals surface area contributed by atoms with Crippen molar-refractivity contribution in [1.82, 2.24) is 5.32 Å². The molecule has 3 atom stereocenters. The van der Waals surface area contributed by atoms with Gasteiger partial charge in [-0.15, -0.1) is 0 Å². The molecule has 0 saturated heterocycles. The van der Waals surface area contributed by atoms with E-state index in [9.17, 15) is 14.4 Å². The van der Waals surface area contributed by atoms with Crippen LogP contribution in [-0.4, -0.2) is 40.7 Å². The Labute approximate surface area is 153 Å². The van der Waals surface area contributed by atoms with Crippen LogP contribution in [0.1, 0.15) is 32.3 Å². The number of para-hydroxylation sites is 1. The van der Waals surface area contributed by atoms with E-state index in [0.717, 1.165) is 12.0 Å². The average Bonchev–Trinajstić information content (AvgIpc) is 2.72. The normalized spacial score (nSPS) is 19.6. The maximum Gasteiger partial charge on any atom is 0.323 e. The molecule has 136 valence electrons. The second-order valence-electron chi connectivity index (χ2n) is 6.38. The summed E-state index contributed by atoms with van der Waals surface area (Å²) >= 11 is 4.35. The van der Waals surface area contributed by atoms with Crippen molar-refractivity contribution >= 4 is 36.1 Å². The first-order chi connectivity index (χ1) is 11.8. The highest BCUT2D eigenvalue weighted by atomic mass is 32.1. The molecule has 0 radical (unpaired) electrons. The van der Waals surface area contributed by atoms with E-state index < -0.39 is 29.7 Å². The smallest absolute Gasteiger partial charge is 0.323 e. The molecule has 0 aromatic heterocycles. The zero-order valence-corrected chi connectivity index (χ0v) is 15.3. The van der Waals surface area contributed by atoms with Crippen LogP contribution >= 0.6 is 12.6 Å². The number of carbonyl (C=O) groups is 3. The molecule has 0 saturated carbocycles. The molecule has 25 heavy (non-hydrogen) atoms. The Hall–Kier alpha value is -2.02. The Morgan fingerprint density at radius 2 is 2.08 bits per heavy atom. The number of carboxylic acids is 1. The maximum absolute atomic E-state index is 12.9. The number of nitrogens with one attached hydrogen (secondary N) is 1. The first kappa shape index (κ1) is 19.3. The quantitative estimate of drug-likeness (QED) is 0.673. The number of hydrogen-bond donors (Lipinski definition) is 3. The third-order valence-electron chi connectivity index (χ3n) is 4.61. The highest BCUT2D eigenvalue weighted by Gasteiger charge is 2.33. The molecule has 1 aliphatic rings. The van der Waals surface area contributed by atoms with Crippen molar-refractivity contribution in [3.8, 4) is 0 Å². The van der Waals surface area contributed by atoms with Crippen molar-refractivity contribution in [3.63, 3.8) is 0 Å².